The lowest BCUT2D eigenvalue weighted by atomic mass is 10.2. The molecule has 1 atom stereocenters. The average Bonchev–Trinajstić information content (AvgIpc) is 2.66. The second-order valence-corrected chi connectivity index (χ2v) is 5.62. The second kappa shape index (κ2) is 8.78. The molecular formula is C19H14F3N3O3. The molecule has 0 aliphatic carbocycles. The van der Waals surface area contributed by atoms with Crippen molar-refractivity contribution in [3.8, 4) is 23.6 Å². The van der Waals surface area contributed by atoms with E-state index in [9.17, 15) is 18.0 Å². The van der Waals surface area contributed by atoms with E-state index in [-0.39, 0.29) is 17.0 Å². The zero-order valence-electron chi connectivity index (χ0n) is 14.6. The molecule has 28 heavy (non-hydrogen) atoms. The topological polar surface area (TPSA) is 95.1 Å². The molecular weight excluding hydrogens is 375 g/mol. The van der Waals surface area contributed by atoms with Gasteiger partial charge in [0.05, 0.1) is 17.2 Å². The number of ether oxygens (including phenoxy) is 2. The van der Waals surface area contributed by atoms with Crippen molar-refractivity contribution >= 4 is 11.6 Å². The minimum atomic E-state index is -4.53. The molecule has 2 aromatic rings. The second-order valence-electron chi connectivity index (χ2n) is 5.62. The first-order valence-electron chi connectivity index (χ1n) is 7.93. The summed E-state index contributed by atoms with van der Waals surface area (Å²) in [4.78, 5) is 12.2. The molecule has 6 nitrogen and oxygen atoms in total. The molecule has 0 aliphatic rings. The quantitative estimate of drug-likeness (QED) is 0.811. The first-order chi connectivity index (χ1) is 13.2. The van der Waals surface area contributed by atoms with E-state index in [0.717, 1.165) is 0 Å². The van der Waals surface area contributed by atoms with Crippen LogP contribution in [0.4, 0.5) is 18.9 Å². The summed E-state index contributed by atoms with van der Waals surface area (Å²) >= 11 is 0. The molecule has 0 saturated heterocycles. The van der Waals surface area contributed by atoms with Crippen LogP contribution in [0.25, 0.3) is 0 Å². The molecule has 0 radical (unpaired) electrons. The summed E-state index contributed by atoms with van der Waals surface area (Å²) in [5.74, 6) is -0.457. The van der Waals surface area contributed by atoms with Crippen molar-refractivity contribution in [1.29, 1.82) is 10.5 Å². The largest absolute Gasteiger partial charge is 0.483 e. The van der Waals surface area contributed by atoms with Crippen LogP contribution in [0.2, 0.25) is 0 Å². The minimum absolute atomic E-state index is 0.155. The van der Waals surface area contributed by atoms with Gasteiger partial charge in [0.1, 0.15) is 17.6 Å². The van der Waals surface area contributed by atoms with E-state index in [1.807, 2.05) is 6.07 Å². The van der Waals surface area contributed by atoms with Gasteiger partial charge in [0.15, 0.2) is 12.7 Å². The van der Waals surface area contributed by atoms with Gasteiger partial charge in [0.25, 0.3) is 5.91 Å². The Morgan fingerprint density at radius 3 is 2.57 bits per heavy atom. The number of amides is 1. The Kier molecular flexibility index (Phi) is 6.46. The van der Waals surface area contributed by atoms with Crippen molar-refractivity contribution in [3.05, 3.63) is 53.6 Å². The van der Waals surface area contributed by atoms with Gasteiger partial charge in [-0.15, -0.1) is 0 Å². The predicted molar refractivity (Wildman–Crippen MR) is 92.6 cm³/mol. The number of rotatable bonds is 6. The van der Waals surface area contributed by atoms with Crippen molar-refractivity contribution in [2.75, 3.05) is 11.9 Å². The van der Waals surface area contributed by atoms with Crippen molar-refractivity contribution in [2.24, 2.45) is 0 Å². The number of nitrogens with zero attached hydrogens (tertiary/aromatic N) is 2. The summed E-state index contributed by atoms with van der Waals surface area (Å²) < 4.78 is 46.8. The lowest BCUT2D eigenvalue weighted by Crippen LogP contribution is -2.30. The van der Waals surface area contributed by atoms with E-state index in [4.69, 9.17) is 15.3 Å². The van der Waals surface area contributed by atoms with Gasteiger partial charge >= 0.3 is 6.18 Å². The number of alkyl halides is 3. The third-order valence-electron chi connectivity index (χ3n) is 3.40. The number of hydrogen-bond donors (Lipinski definition) is 1. The summed E-state index contributed by atoms with van der Waals surface area (Å²) in [6.45, 7) is -0.0413. The summed E-state index contributed by atoms with van der Waals surface area (Å²) in [7, 11) is 0. The van der Waals surface area contributed by atoms with Crippen LogP contribution in [0.1, 0.15) is 18.1 Å². The number of halogens is 3. The van der Waals surface area contributed by atoms with Crippen LogP contribution in [-0.2, 0) is 4.79 Å². The van der Waals surface area contributed by atoms with Crippen LogP contribution in [0.3, 0.4) is 0 Å². The Balaban J connectivity index is 2.04. The predicted octanol–water partition coefficient (Wildman–Crippen LogP) is 3.78. The molecule has 1 unspecified atom stereocenters. The SMILES string of the molecule is CC(Oc1cccc(C#N)c1)C(=O)Nc1ccc(OCC(F)(F)F)c(C#N)c1. The summed E-state index contributed by atoms with van der Waals surface area (Å²) in [5.41, 5.74) is 0.415. The summed E-state index contributed by atoms with van der Waals surface area (Å²) in [6, 6.07) is 13.6. The van der Waals surface area contributed by atoms with E-state index >= 15 is 0 Å². The van der Waals surface area contributed by atoms with Crippen LogP contribution < -0.4 is 14.8 Å². The zero-order valence-corrected chi connectivity index (χ0v) is 14.6. The van der Waals surface area contributed by atoms with Gasteiger partial charge < -0.3 is 14.8 Å². The van der Waals surface area contributed by atoms with Gasteiger partial charge in [-0.25, -0.2) is 0 Å². The molecule has 0 spiro atoms. The first kappa shape index (κ1) is 20.6. The third-order valence-corrected chi connectivity index (χ3v) is 3.40. The van der Waals surface area contributed by atoms with Gasteiger partial charge in [-0.3, -0.25) is 4.79 Å². The first-order valence-corrected chi connectivity index (χ1v) is 7.93. The standard InChI is InChI=1S/C19H14F3N3O3/c1-12(28-16-4-2-3-13(7-16)9-23)18(26)25-15-5-6-17(14(8-15)10-24)27-11-19(20,21)22/h2-8,12H,11H2,1H3,(H,25,26). The highest BCUT2D eigenvalue weighted by atomic mass is 19.4. The van der Waals surface area contributed by atoms with E-state index in [1.54, 1.807) is 24.3 Å². The number of carbonyl (C=O) groups is 1. The smallest absolute Gasteiger partial charge is 0.422 e. The number of hydrogen-bond acceptors (Lipinski definition) is 5. The van der Waals surface area contributed by atoms with Gasteiger partial charge in [0, 0.05) is 5.69 Å². The Hall–Kier alpha value is -3.72. The van der Waals surface area contributed by atoms with Gasteiger partial charge in [0.2, 0.25) is 0 Å². The van der Waals surface area contributed by atoms with E-state index in [2.05, 4.69) is 10.1 Å². The van der Waals surface area contributed by atoms with Gasteiger partial charge in [-0.05, 0) is 43.3 Å². The molecule has 0 aromatic heterocycles. The Labute approximate surface area is 158 Å². The summed E-state index contributed by atoms with van der Waals surface area (Å²) in [6.07, 6.45) is -5.46. The molecule has 1 amide bonds. The lowest BCUT2D eigenvalue weighted by Gasteiger charge is -2.16. The van der Waals surface area contributed by atoms with Crippen LogP contribution in [0.5, 0.6) is 11.5 Å². The van der Waals surface area contributed by atoms with Crippen LogP contribution >= 0.6 is 0 Å². The highest BCUT2D eigenvalue weighted by Crippen LogP contribution is 2.25. The minimum Gasteiger partial charge on any atom is -0.483 e. The molecule has 2 rings (SSSR count). The lowest BCUT2D eigenvalue weighted by molar-refractivity contribution is -0.153. The van der Waals surface area contributed by atoms with E-state index in [1.165, 1.54) is 31.2 Å². The van der Waals surface area contributed by atoms with Crippen molar-refractivity contribution in [3.63, 3.8) is 0 Å². The van der Waals surface area contributed by atoms with Crippen molar-refractivity contribution in [2.45, 2.75) is 19.2 Å². The monoisotopic (exact) mass is 389 g/mol. The highest BCUT2D eigenvalue weighted by molar-refractivity contribution is 5.94. The Bertz CT molecular complexity index is 946. The van der Waals surface area contributed by atoms with Crippen molar-refractivity contribution in [1.82, 2.24) is 0 Å². The number of nitrogens with one attached hydrogen (secondary N) is 1. The zero-order chi connectivity index (χ0) is 20.7. The highest BCUT2D eigenvalue weighted by Gasteiger charge is 2.29. The molecule has 2 aromatic carbocycles. The third kappa shape index (κ3) is 5.92. The van der Waals surface area contributed by atoms with E-state index in [0.29, 0.717) is 11.3 Å². The molecule has 0 heterocycles. The molecule has 144 valence electrons. The molecule has 0 saturated carbocycles. The fourth-order valence-electron chi connectivity index (χ4n) is 2.12. The number of benzene rings is 2. The summed E-state index contributed by atoms with van der Waals surface area (Å²) in [5, 5.41) is 20.5. The molecule has 0 aliphatic heterocycles. The Morgan fingerprint density at radius 1 is 1.18 bits per heavy atom. The maximum Gasteiger partial charge on any atom is 0.422 e. The fraction of sp³-hybridized carbons (Fsp3) is 0.211. The molecule has 9 heteroatoms. The van der Waals surface area contributed by atoms with Crippen LogP contribution in [-0.4, -0.2) is 24.8 Å². The molecule has 0 bridgehead atoms. The van der Waals surface area contributed by atoms with Crippen LogP contribution in [0, 0.1) is 22.7 Å². The van der Waals surface area contributed by atoms with Crippen molar-refractivity contribution < 1.29 is 27.4 Å². The maximum atomic E-state index is 12.2. The fourth-order valence-corrected chi connectivity index (χ4v) is 2.12. The molecule has 0 fully saturated rings. The van der Waals surface area contributed by atoms with Gasteiger partial charge in [-0.1, -0.05) is 6.07 Å². The number of carbonyl (C=O) groups excluding carboxylic acids is 1. The molecule has 1 N–H and O–H groups in total. The Morgan fingerprint density at radius 2 is 1.93 bits per heavy atom. The number of anilines is 1. The maximum absolute atomic E-state index is 12.2. The number of nitriles is 2. The van der Waals surface area contributed by atoms with E-state index < -0.39 is 24.8 Å². The van der Waals surface area contributed by atoms with Crippen LogP contribution in [0.15, 0.2) is 42.5 Å². The normalized spacial score (nSPS) is 11.6. The van der Waals surface area contributed by atoms with Gasteiger partial charge in [-0.2, -0.15) is 23.7 Å². The average molecular weight is 389 g/mol.